The fourth-order valence-corrected chi connectivity index (χ4v) is 3.57. The van der Waals surface area contributed by atoms with E-state index in [0.717, 1.165) is 37.9 Å². The predicted octanol–water partition coefficient (Wildman–Crippen LogP) is 1.27. The molecule has 2 aliphatic rings. The second kappa shape index (κ2) is 5.47. The lowest BCUT2D eigenvalue weighted by Gasteiger charge is -2.46. The Labute approximate surface area is 120 Å². The average molecular weight is 279 g/mol. The van der Waals surface area contributed by atoms with Gasteiger partial charge in [-0.25, -0.2) is 0 Å². The van der Waals surface area contributed by atoms with Crippen LogP contribution < -0.4 is 0 Å². The van der Waals surface area contributed by atoms with Crippen LogP contribution in [0.1, 0.15) is 38.2 Å². The Morgan fingerprint density at radius 3 is 2.90 bits per heavy atom. The second-order valence-corrected chi connectivity index (χ2v) is 6.37. The van der Waals surface area contributed by atoms with Gasteiger partial charge in [0, 0.05) is 37.9 Å². The Balaban J connectivity index is 1.75. The van der Waals surface area contributed by atoms with Crippen LogP contribution in [0.5, 0.6) is 0 Å². The standard InChI is InChI=1S/C15H25N3O2/c1-15(12-9-16-17(2)10-12)11-18(7-8-20-15)13-5-3-4-6-14(13)19/h9-10,13-14,19H,3-8,11H2,1-2H3. The molecule has 3 atom stereocenters. The molecule has 3 rings (SSSR count). The van der Waals surface area contributed by atoms with Crippen molar-refractivity contribution in [2.45, 2.75) is 50.4 Å². The molecule has 3 unspecified atom stereocenters. The molecule has 1 aliphatic heterocycles. The highest BCUT2D eigenvalue weighted by atomic mass is 16.5. The number of hydrogen-bond acceptors (Lipinski definition) is 4. The van der Waals surface area contributed by atoms with Crippen LogP contribution in [0.4, 0.5) is 0 Å². The lowest BCUT2D eigenvalue weighted by atomic mass is 9.89. The first-order valence-corrected chi connectivity index (χ1v) is 7.64. The monoisotopic (exact) mass is 279 g/mol. The van der Waals surface area contributed by atoms with Crippen molar-refractivity contribution < 1.29 is 9.84 Å². The lowest BCUT2D eigenvalue weighted by Crippen LogP contribution is -2.55. The zero-order chi connectivity index (χ0) is 14.2. The number of ether oxygens (including phenoxy) is 1. The van der Waals surface area contributed by atoms with Crippen LogP contribution >= 0.6 is 0 Å². The molecule has 1 N–H and O–H groups in total. The van der Waals surface area contributed by atoms with E-state index in [-0.39, 0.29) is 11.7 Å². The first kappa shape index (κ1) is 14.0. The summed E-state index contributed by atoms with van der Waals surface area (Å²) in [6, 6.07) is 0.295. The van der Waals surface area contributed by atoms with Gasteiger partial charge in [0.25, 0.3) is 0 Å². The van der Waals surface area contributed by atoms with Crippen LogP contribution in [0, 0.1) is 0 Å². The van der Waals surface area contributed by atoms with Gasteiger partial charge < -0.3 is 9.84 Å². The summed E-state index contributed by atoms with van der Waals surface area (Å²) in [4.78, 5) is 2.42. The van der Waals surface area contributed by atoms with Crippen molar-refractivity contribution in [2.24, 2.45) is 7.05 Å². The van der Waals surface area contributed by atoms with Crippen LogP contribution in [-0.4, -0.2) is 51.6 Å². The predicted molar refractivity (Wildman–Crippen MR) is 76.3 cm³/mol. The molecule has 5 heteroatoms. The minimum Gasteiger partial charge on any atom is -0.391 e. The largest absolute Gasteiger partial charge is 0.391 e. The quantitative estimate of drug-likeness (QED) is 0.886. The molecule has 2 heterocycles. The summed E-state index contributed by atoms with van der Waals surface area (Å²) in [5.41, 5.74) is 0.805. The Kier molecular flexibility index (Phi) is 3.84. The van der Waals surface area contributed by atoms with E-state index in [2.05, 4.69) is 16.9 Å². The van der Waals surface area contributed by atoms with Gasteiger partial charge in [-0.05, 0) is 19.8 Å². The minimum absolute atomic E-state index is 0.181. The number of aryl methyl sites for hydroxylation is 1. The van der Waals surface area contributed by atoms with Crippen LogP contribution in [0.25, 0.3) is 0 Å². The molecule has 2 fully saturated rings. The van der Waals surface area contributed by atoms with Gasteiger partial charge in [-0.3, -0.25) is 9.58 Å². The van der Waals surface area contributed by atoms with Gasteiger partial charge >= 0.3 is 0 Å². The van der Waals surface area contributed by atoms with Crippen LogP contribution in [-0.2, 0) is 17.4 Å². The Morgan fingerprint density at radius 2 is 2.20 bits per heavy atom. The van der Waals surface area contributed by atoms with Gasteiger partial charge in [-0.2, -0.15) is 5.10 Å². The topological polar surface area (TPSA) is 50.5 Å². The molecule has 1 saturated carbocycles. The Bertz CT molecular complexity index is 462. The van der Waals surface area contributed by atoms with Crippen LogP contribution in [0.15, 0.2) is 12.4 Å². The fraction of sp³-hybridized carbons (Fsp3) is 0.800. The fourth-order valence-electron chi connectivity index (χ4n) is 3.57. The van der Waals surface area contributed by atoms with Gasteiger partial charge in [0.1, 0.15) is 5.60 Å². The number of morpholine rings is 1. The third-order valence-electron chi connectivity index (χ3n) is 4.78. The van der Waals surface area contributed by atoms with E-state index in [1.165, 1.54) is 6.42 Å². The van der Waals surface area contributed by atoms with Crippen molar-refractivity contribution in [3.05, 3.63) is 18.0 Å². The number of rotatable bonds is 2. The third-order valence-corrected chi connectivity index (χ3v) is 4.78. The number of hydrogen-bond donors (Lipinski definition) is 1. The van der Waals surface area contributed by atoms with E-state index in [9.17, 15) is 5.11 Å². The van der Waals surface area contributed by atoms with Crippen molar-refractivity contribution in [1.82, 2.24) is 14.7 Å². The highest BCUT2D eigenvalue weighted by molar-refractivity contribution is 5.16. The Hall–Kier alpha value is -0.910. The van der Waals surface area contributed by atoms with Crippen LogP contribution in [0.2, 0.25) is 0 Å². The van der Waals surface area contributed by atoms with Crippen molar-refractivity contribution in [1.29, 1.82) is 0 Å². The molecule has 0 amide bonds. The number of aliphatic hydroxyl groups is 1. The van der Waals surface area contributed by atoms with E-state index in [1.54, 1.807) is 0 Å². The summed E-state index contributed by atoms with van der Waals surface area (Å²) >= 11 is 0. The van der Waals surface area contributed by atoms with Crippen molar-refractivity contribution in [2.75, 3.05) is 19.7 Å². The maximum atomic E-state index is 10.3. The maximum absolute atomic E-state index is 10.3. The highest BCUT2D eigenvalue weighted by Gasteiger charge is 2.39. The van der Waals surface area contributed by atoms with Crippen molar-refractivity contribution >= 4 is 0 Å². The van der Waals surface area contributed by atoms with Crippen LogP contribution in [0.3, 0.4) is 0 Å². The molecular weight excluding hydrogens is 254 g/mol. The van der Waals surface area contributed by atoms with Gasteiger partial charge in [0.2, 0.25) is 0 Å². The summed E-state index contributed by atoms with van der Waals surface area (Å²) in [6.07, 6.45) is 8.15. The van der Waals surface area contributed by atoms with Gasteiger partial charge in [0.05, 0.1) is 18.9 Å². The molecule has 1 aromatic heterocycles. The number of nitrogens with zero attached hydrogens (tertiary/aromatic N) is 3. The van der Waals surface area contributed by atoms with E-state index < -0.39 is 0 Å². The zero-order valence-corrected chi connectivity index (χ0v) is 12.5. The normalized spacial score (nSPS) is 36.1. The molecule has 0 aromatic carbocycles. The van der Waals surface area contributed by atoms with E-state index in [1.807, 2.05) is 24.1 Å². The molecular formula is C15H25N3O2. The minimum atomic E-state index is -0.316. The first-order chi connectivity index (χ1) is 9.58. The van der Waals surface area contributed by atoms with E-state index in [4.69, 9.17) is 4.74 Å². The maximum Gasteiger partial charge on any atom is 0.106 e. The molecule has 5 nitrogen and oxygen atoms in total. The lowest BCUT2D eigenvalue weighted by molar-refractivity contribution is -0.129. The summed E-state index contributed by atoms with van der Waals surface area (Å²) in [6.45, 7) is 4.60. The summed E-state index contributed by atoms with van der Waals surface area (Å²) in [7, 11) is 1.93. The summed E-state index contributed by atoms with van der Waals surface area (Å²) < 4.78 is 7.86. The highest BCUT2D eigenvalue weighted by Crippen LogP contribution is 2.33. The van der Waals surface area contributed by atoms with Gasteiger partial charge in [-0.1, -0.05) is 12.8 Å². The molecule has 20 heavy (non-hydrogen) atoms. The Morgan fingerprint density at radius 1 is 1.40 bits per heavy atom. The van der Waals surface area contributed by atoms with Crippen molar-refractivity contribution in [3.63, 3.8) is 0 Å². The van der Waals surface area contributed by atoms with E-state index >= 15 is 0 Å². The number of aliphatic hydroxyl groups excluding tert-OH is 1. The zero-order valence-electron chi connectivity index (χ0n) is 12.5. The molecule has 0 bridgehead atoms. The van der Waals surface area contributed by atoms with Crippen molar-refractivity contribution in [3.8, 4) is 0 Å². The summed E-state index contributed by atoms with van der Waals surface area (Å²) in [5, 5.41) is 14.5. The smallest absolute Gasteiger partial charge is 0.106 e. The molecule has 0 spiro atoms. The first-order valence-electron chi connectivity index (χ1n) is 7.64. The van der Waals surface area contributed by atoms with Gasteiger partial charge in [-0.15, -0.1) is 0 Å². The number of aromatic nitrogens is 2. The van der Waals surface area contributed by atoms with E-state index in [0.29, 0.717) is 12.6 Å². The molecule has 112 valence electrons. The molecule has 1 saturated heterocycles. The third kappa shape index (κ3) is 2.62. The summed E-state index contributed by atoms with van der Waals surface area (Å²) in [5.74, 6) is 0. The average Bonchev–Trinajstić information content (AvgIpc) is 2.87. The SMILES string of the molecule is Cn1cc(C2(C)CN(C3CCCCC3O)CCO2)cn1. The molecule has 1 aromatic rings. The second-order valence-electron chi connectivity index (χ2n) is 6.37. The van der Waals surface area contributed by atoms with Gasteiger partial charge in [0.15, 0.2) is 0 Å². The molecule has 1 aliphatic carbocycles. The molecule has 0 radical (unpaired) electrons.